The number of carbonyl (C=O) groups is 1. The number of nitrogens with zero attached hydrogens (tertiary/aromatic N) is 5. The summed E-state index contributed by atoms with van der Waals surface area (Å²) in [6.07, 6.45) is 5.60. The Labute approximate surface area is 186 Å². The molecule has 2 fully saturated rings. The Morgan fingerprint density at radius 1 is 1.12 bits per heavy atom. The van der Waals surface area contributed by atoms with Crippen molar-refractivity contribution in [2.75, 3.05) is 16.8 Å². The van der Waals surface area contributed by atoms with Crippen molar-refractivity contribution in [2.45, 2.75) is 64.8 Å². The maximum Gasteiger partial charge on any atom is 0.414 e. The third-order valence-electron chi connectivity index (χ3n) is 6.24. The van der Waals surface area contributed by atoms with Gasteiger partial charge in [-0.3, -0.25) is 9.58 Å². The number of benzene rings is 1. The molecule has 0 aliphatic carbocycles. The highest BCUT2D eigenvalue weighted by atomic mass is 16.6. The average Bonchev–Trinajstić information content (AvgIpc) is 3.28. The Hall–Kier alpha value is -3.20. The maximum atomic E-state index is 12.1. The van der Waals surface area contributed by atoms with Crippen molar-refractivity contribution < 1.29 is 14.3 Å². The summed E-state index contributed by atoms with van der Waals surface area (Å²) in [7, 11) is 0. The quantitative estimate of drug-likeness (QED) is 0.650. The summed E-state index contributed by atoms with van der Waals surface area (Å²) >= 11 is 0. The molecule has 32 heavy (non-hydrogen) atoms. The van der Waals surface area contributed by atoms with E-state index in [2.05, 4.69) is 45.8 Å². The Morgan fingerprint density at radius 3 is 2.62 bits per heavy atom. The van der Waals surface area contributed by atoms with Crippen molar-refractivity contribution in [3.05, 3.63) is 36.3 Å². The van der Waals surface area contributed by atoms with E-state index >= 15 is 0 Å². The topological polar surface area (TPSA) is 94.4 Å². The molecular formula is C23H28N6O3. The first kappa shape index (κ1) is 20.7. The van der Waals surface area contributed by atoms with Gasteiger partial charge in [0.15, 0.2) is 0 Å². The van der Waals surface area contributed by atoms with E-state index in [1.165, 1.54) is 0 Å². The van der Waals surface area contributed by atoms with E-state index in [9.17, 15) is 4.79 Å². The predicted octanol–water partition coefficient (Wildman–Crippen LogP) is 4.35. The number of cyclic esters (lactones) is 1. The summed E-state index contributed by atoms with van der Waals surface area (Å²) in [6, 6.07) is 6.01. The first-order chi connectivity index (χ1) is 15.4. The number of ether oxygens (including phenoxy) is 2. The van der Waals surface area contributed by atoms with Crippen LogP contribution in [0.3, 0.4) is 0 Å². The lowest BCUT2D eigenvalue weighted by atomic mass is 10.00. The fourth-order valence-corrected chi connectivity index (χ4v) is 4.70. The van der Waals surface area contributed by atoms with Crippen molar-refractivity contribution in [3.63, 3.8) is 0 Å². The SMILES string of the molecule is Cc1c(Nc2ncc3ccc(N4C(=O)OC[C@@H]4C)cc3n2)cnn1C1C[C@@H](C)O[C@@H](C)C1. The molecule has 0 radical (unpaired) electrons. The molecule has 9 nitrogen and oxygen atoms in total. The Kier molecular flexibility index (Phi) is 5.21. The molecule has 5 rings (SSSR count). The fourth-order valence-electron chi connectivity index (χ4n) is 4.70. The first-order valence-electron chi connectivity index (χ1n) is 11.1. The van der Waals surface area contributed by atoms with Gasteiger partial charge in [-0.15, -0.1) is 0 Å². The minimum Gasteiger partial charge on any atom is -0.447 e. The van der Waals surface area contributed by atoms with Crippen LogP contribution < -0.4 is 10.2 Å². The highest BCUT2D eigenvalue weighted by Gasteiger charge is 2.31. The highest BCUT2D eigenvalue weighted by molar-refractivity contribution is 5.93. The van der Waals surface area contributed by atoms with Crippen LogP contribution in [0.5, 0.6) is 0 Å². The second kappa shape index (κ2) is 8.05. The van der Waals surface area contributed by atoms with Crippen molar-refractivity contribution in [1.82, 2.24) is 19.7 Å². The molecule has 2 aromatic heterocycles. The highest BCUT2D eigenvalue weighted by Crippen LogP contribution is 2.32. The molecule has 1 unspecified atom stereocenters. The molecule has 0 saturated carbocycles. The van der Waals surface area contributed by atoms with Gasteiger partial charge in [0.05, 0.1) is 47.4 Å². The number of hydrogen-bond acceptors (Lipinski definition) is 7. The number of carbonyl (C=O) groups excluding carboxylic acids is 1. The van der Waals surface area contributed by atoms with Crippen molar-refractivity contribution in [2.24, 2.45) is 0 Å². The van der Waals surface area contributed by atoms with Crippen LogP contribution in [0.2, 0.25) is 0 Å². The Bertz CT molecular complexity index is 1150. The molecule has 9 heteroatoms. The van der Waals surface area contributed by atoms with Gasteiger partial charge in [0.2, 0.25) is 5.95 Å². The van der Waals surface area contributed by atoms with Crippen LogP contribution in [0.1, 0.15) is 45.3 Å². The van der Waals surface area contributed by atoms with Crippen molar-refractivity contribution >= 4 is 34.3 Å². The number of amides is 1. The van der Waals surface area contributed by atoms with Gasteiger partial charge in [-0.1, -0.05) is 0 Å². The summed E-state index contributed by atoms with van der Waals surface area (Å²) in [5.41, 5.74) is 3.44. The minimum absolute atomic E-state index is 0.0107. The molecule has 2 aliphatic heterocycles. The summed E-state index contributed by atoms with van der Waals surface area (Å²) in [5.74, 6) is 0.489. The molecule has 2 saturated heterocycles. The number of rotatable bonds is 4. The van der Waals surface area contributed by atoms with Crippen LogP contribution in [-0.4, -0.2) is 50.7 Å². The lowest BCUT2D eigenvalue weighted by molar-refractivity contribution is -0.0509. The minimum atomic E-state index is -0.330. The standard InChI is InChI=1S/C23H28N6O3/c1-13-12-31-23(30)28(13)18-6-5-17-10-24-22(26-20(17)9-18)27-21-11-25-29(16(21)4)19-7-14(2)32-15(3)8-19/h5-6,9-11,13-15,19H,7-8,12H2,1-4H3,(H,24,26,27)/t13-,14-,15+,19?/m0/s1. The predicted molar refractivity (Wildman–Crippen MR) is 121 cm³/mol. The molecular weight excluding hydrogens is 408 g/mol. The first-order valence-corrected chi connectivity index (χ1v) is 11.1. The third-order valence-corrected chi connectivity index (χ3v) is 6.24. The summed E-state index contributed by atoms with van der Waals surface area (Å²) in [4.78, 5) is 22.9. The number of nitrogens with one attached hydrogen (secondary N) is 1. The zero-order valence-corrected chi connectivity index (χ0v) is 18.8. The van der Waals surface area contributed by atoms with Crippen LogP contribution >= 0.6 is 0 Å². The van der Waals surface area contributed by atoms with Crippen molar-refractivity contribution in [1.29, 1.82) is 0 Å². The van der Waals surface area contributed by atoms with E-state index in [-0.39, 0.29) is 24.3 Å². The molecule has 168 valence electrons. The summed E-state index contributed by atoms with van der Waals surface area (Å²) in [6.45, 7) is 8.63. The maximum absolute atomic E-state index is 12.1. The molecule has 0 bridgehead atoms. The molecule has 1 aromatic carbocycles. The zero-order valence-electron chi connectivity index (χ0n) is 18.8. The monoisotopic (exact) mass is 436 g/mol. The average molecular weight is 437 g/mol. The van der Waals surface area contributed by atoms with E-state index in [0.717, 1.165) is 40.8 Å². The zero-order chi connectivity index (χ0) is 22.4. The van der Waals surface area contributed by atoms with Gasteiger partial charge in [-0.05, 0) is 58.7 Å². The van der Waals surface area contributed by atoms with Gasteiger partial charge in [0.1, 0.15) is 6.61 Å². The van der Waals surface area contributed by atoms with Gasteiger partial charge in [-0.25, -0.2) is 14.8 Å². The van der Waals surface area contributed by atoms with Crippen LogP contribution in [0.4, 0.5) is 22.1 Å². The van der Waals surface area contributed by atoms with Gasteiger partial charge in [-0.2, -0.15) is 5.10 Å². The van der Waals surface area contributed by atoms with Gasteiger partial charge >= 0.3 is 6.09 Å². The normalized spacial score (nSPS) is 25.9. The molecule has 0 spiro atoms. The van der Waals surface area contributed by atoms with E-state index in [4.69, 9.17) is 9.47 Å². The van der Waals surface area contributed by atoms with E-state index in [1.54, 1.807) is 11.1 Å². The summed E-state index contributed by atoms with van der Waals surface area (Å²) in [5, 5.41) is 8.85. The molecule has 1 amide bonds. The number of fused-ring (bicyclic) bond motifs is 1. The lowest BCUT2D eigenvalue weighted by Gasteiger charge is -2.32. The van der Waals surface area contributed by atoms with Crippen LogP contribution in [-0.2, 0) is 9.47 Å². The van der Waals surface area contributed by atoms with Crippen LogP contribution in [0, 0.1) is 6.92 Å². The number of anilines is 3. The number of hydrogen-bond donors (Lipinski definition) is 1. The fraction of sp³-hybridized carbons (Fsp3) is 0.478. The summed E-state index contributed by atoms with van der Waals surface area (Å²) < 4.78 is 13.1. The van der Waals surface area contributed by atoms with Crippen molar-refractivity contribution in [3.8, 4) is 0 Å². The Morgan fingerprint density at radius 2 is 1.91 bits per heavy atom. The third kappa shape index (κ3) is 3.77. The molecule has 2 aliphatic rings. The molecule has 4 heterocycles. The van der Waals surface area contributed by atoms with Gasteiger partial charge in [0.25, 0.3) is 0 Å². The smallest absolute Gasteiger partial charge is 0.414 e. The Balaban J connectivity index is 1.40. The van der Waals surface area contributed by atoms with Crippen LogP contribution in [0.25, 0.3) is 10.9 Å². The molecule has 3 aromatic rings. The van der Waals surface area contributed by atoms with Crippen LogP contribution in [0.15, 0.2) is 30.6 Å². The largest absolute Gasteiger partial charge is 0.447 e. The molecule has 4 atom stereocenters. The number of aromatic nitrogens is 4. The van der Waals surface area contributed by atoms with E-state index in [1.807, 2.05) is 31.3 Å². The molecule has 1 N–H and O–H groups in total. The lowest BCUT2D eigenvalue weighted by Crippen LogP contribution is -2.31. The van der Waals surface area contributed by atoms with Gasteiger partial charge in [0, 0.05) is 17.3 Å². The van der Waals surface area contributed by atoms with Gasteiger partial charge < -0.3 is 14.8 Å². The van der Waals surface area contributed by atoms with E-state index in [0.29, 0.717) is 18.6 Å². The van der Waals surface area contributed by atoms with E-state index < -0.39 is 0 Å². The second-order valence-corrected chi connectivity index (χ2v) is 8.83. The second-order valence-electron chi connectivity index (χ2n) is 8.83.